The van der Waals surface area contributed by atoms with Gasteiger partial charge in [0.05, 0.1) is 17.7 Å². The number of imide groups is 1. The van der Waals surface area contributed by atoms with Crippen molar-refractivity contribution in [1.82, 2.24) is 15.6 Å². The van der Waals surface area contributed by atoms with Gasteiger partial charge in [0.15, 0.2) is 0 Å². The average molecular weight is 423 g/mol. The van der Waals surface area contributed by atoms with Crippen LogP contribution in [0.2, 0.25) is 0 Å². The van der Waals surface area contributed by atoms with Crippen LogP contribution >= 0.6 is 0 Å². The highest BCUT2D eigenvalue weighted by Crippen LogP contribution is 2.33. The second-order valence-electron chi connectivity index (χ2n) is 8.27. The fourth-order valence-corrected chi connectivity index (χ4v) is 4.28. The van der Waals surface area contributed by atoms with E-state index in [2.05, 4.69) is 21.7 Å². The average Bonchev–Trinajstić information content (AvgIpc) is 3.49. The van der Waals surface area contributed by atoms with Crippen LogP contribution in [0, 0.1) is 23.2 Å². The SMILES string of the molecule is N#C[C@@H](NC(=O)[C@@H]1CCCC[C@@H]1NC(=O)N(C(=O)O)c1ccc2[nH]ccc2c1)C1CC1. The number of carbonyl (C=O) groups is 3. The molecule has 2 saturated carbocycles. The van der Waals surface area contributed by atoms with Gasteiger partial charge >= 0.3 is 12.1 Å². The molecule has 9 heteroatoms. The minimum Gasteiger partial charge on any atom is -0.464 e. The zero-order chi connectivity index (χ0) is 22.0. The fourth-order valence-electron chi connectivity index (χ4n) is 4.28. The summed E-state index contributed by atoms with van der Waals surface area (Å²) in [5.74, 6) is -0.536. The lowest BCUT2D eigenvalue weighted by Crippen LogP contribution is -2.54. The zero-order valence-corrected chi connectivity index (χ0v) is 17.0. The second kappa shape index (κ2) is 8.68. The molecule has 4 rings (SSSR count). The number of hydrogen-bond donors (Lipinski definition) is 4. The van der Waals surface area contributed by atoms with Gasteiger partial charge in [0, 0.05) is 23.1 Å². The van der Waals surface area contributed by atoms with Crippen molar-refractivity contribution in [3.05, 3.63) is 30.5 Å². The Morgan fingerprint density at radius 1 is 1.16 bits per heavy atom. The third-order valence-electron chi connectivity index (χ3n) is 6.13. The van der Waals surface area contributed by atoms with Crippen LogP contribution in [0.25, 0.3) is 10.9 Å². The monoisotopic (exact) mass is 423 g/mol. The van der Waals surface area contributed by atoms with Crippen LogP contribution < -0.4 is 15.5 Å². The van der Waals surface area contributed by atoms with Gasteiger partial charge in [0.25, 0.3) is 0 Å². The first kappa shape index (κ1) is 20.7. The Labute approximate surface area is 179 Å². The highest BCUT2D eigenvalue weighted by atomic mass is 16.4. The molecule has 2 fully saturated rings. The van der Waals surface area contributed by atoms with Crippen molar-refractivity contribution in [2.75, 3.05) is 4.90 Å². The molecular weight excluding hydrogens is 398 g/mol. The summed E-state index contributed by atoms with van der Waals surface area (Å²) in [6.07, 6.45) is 5.05. The van der Waals surface area contributed by atoms with Crippen LogP contribution in [0.4, 0.5) is 15.3 Å². The Hall–Kier alpha value is -3.54. The summed E-state index contributed by atoms with van der Waals surface area (Å²) in [7, 11) is 0. The number of nitrogens with zero attached hydrogens (tertiary/aromatic N) is 2. The van der Waals surface area contributed by atoms with Gasteiger partial charge in [-0.2, -0.15) is 10.2 Å². The molecular formula is C22H25N5O4. The standard InChI is InChI=1S/C22H25N5O4/c23-12-19(13-5-6-13)25-20(28)16-3-1-2-4-18(16)26-21(29)27(22(30)31)15-7-8-17-14(11-15)9-10-24-17/h7-11,13,16,18-19,24H,1-6H2,(H,25,28)(H,26,29)(H,30,31)/t16-,18+,19-/m1/s1. The normalized spacial score (nSPS) is 21.6. The number of urea groups is 1. The molecule has 2 aliphatic rings. The minimum atomic E-state index is -1.40. The first-order valence-electron chi connectivity index (χ1n) is 10.6. The number of H-pyrrole nitrogens is 1. The number of aromatic amines is 1. The molecule has 162 valence electrons. The molecule has 0 radical (unpaired) electrons. The Kier molecular flexibility index (Phi) is 5.80. The van der Waals surface area contributed by atoms with Gasteiger partial charge in [0.1, 0.15) is 6.04 Å². The molecule has 4 N–H and O–H groups in total. The quantitative estimate of drug-likeness (QED) is 0.584. The predicted octanol–water partition coefficient (Wildman–Crippen LogP) is 3.34. The summed E-state index contributed by atoms with van der Waals surface area (Å²) in [6.45, 7) is 0. The molecule has 9 nitrogen and oxygen atoms in total. The number of carbonyl (C=O) groups excluding carboxylic acids is 2. The van der Waals surface area contributed by atoms with Crippen molar-refractivity contribution in [3.63, 3.8) is 0 Å². The molecule has 0 spiro atoms. The van der Waals surface area contributed by atoms with E-state index >= 15 is 0 Å². The van der Waals surface area contributed by atoms with Gasteiger partial charge in [0.2, 0.25) is 5.91 Å². The van der Waals surface area contributed by atoms with E-state index in [0.29, 0.717) is 17.7 Å². The van der Waals surface area contributed by atoms with Gasteiger partial charge < -0.3 is 20.7 Å². The third-order valence-corrected chi connectivity index (χ3v) is 6.13. The van der Waals surface area contributed by atoms with E-state index in [-0.39, 0.29) is 17.5 Å². The van der Waals surface area contributed by atoms with Gasteiger partial charge in [-0.25, -0.2) is 9.59 Å². The number of nitrogens with one attached hydrogen (secondary N) is 3. The zero-order valence-electron chi connectivity index (χ0n) is 17.0. The number of amides is 4. The second-order valence-corrected chi connectivity index (χ2v) is 8.27. The maximum atomic E-state index is 12.9. The number of aromatic nitrogens is 1. The van der Waals surface area contributed by atoms with E-state index in [9.17, 15) is 24.8 Å². The number of benzene rings is 1. The van der Waals surface area contributed by atoms with Gasteiger partial charge in [-0.05, 0) is 55.9 Å². The summed E-state index contributed by atoms with van der Waals surface area (Å²) >= 11 is 0. The Balaban J connectivity index is 1.49. The molecule has 1 aromatic carbocycles. The number of nitriles is 1. The Bertz CT molecular complexity index is 1040. The van der Waals surface area contributed by atoms with E-state index in [1.165, 1.54) is 0 Å². The molecule has 0 bridgehead atoms. The highest BCUT2D eigenvalue weighted by molar-refractivity contribution is 6.11. The molecule has 2 aromatic rings. The molecule has 0 unspecified atom stereocenters. The number of rotatable bonds is 5. The lowest BCUT2D eigenvalue weighted by molar-refractivity contribution is -0.127. The fraction of sp³-hybridized carbons (Fsp3) is 0.455. The van der Waals surface area contributed by atoms with Crippen LogP contribution in [-0.2, 0) is 4.79 Å². The molecule has 0 aliphatic heterocycles. The molecule has 1 heterocycles. The van der Waals surface area contributed by atoms with E-state index in [1.54, 1.807) is 30.5 Å². The van der Waals surface area contributed by atoms with Crippen molar-refractivity contribution >= 4 is 34.6 Å². The summed E-state index contributed by atoms with van der Waals surface area (Å²) in [6, 6.07) is 7.06. The smallest absolute Gasteiger partial charge is 0.420 e. The Morgan fingerprint density at radius 3 is 2.65 bits per heavy atom. The van der Waals surface area contributed by atoms with E-state index < -0.39 is 30.1 Å². The van der Waals surface area contributed by atoms with Crippen molar-refractivity contribution < 1.29 is 19.5 Å². The third kappa shape index (κ3) is 4.48. The van der Waals surface area contributed by atoms with Crippen molar-refractivity contribution in [1.29, 1.82) is 5.26 Å². The maximum Gasteiger partial charge on any atom is 0.420 e. The molecule has 31 heavy (non-hydrogen) atoms. The van der Waals surface area contributed by atoms with Gasteiger partial charge in [-0.1, -0.05) is 12.8 Å². The van der Waals surface area contributed by atoms with Crippen LogP contribution in [0.5, 0.6) is 0 Å². The maximum absolute atomic E-state index is 12.9. The number of anilines is 1. The summed E-state index contributed by atoms with van der Waals surface area (Å²) in [4.78, 5) is 41.3. The topological polar surface area (TPSA) is 138 Å². The van der Waals surface area contributed by atoms with E-state index in [4.69, 9.17) is 0 Å². The van der Waals surface area contributed by atoms with Crippen molar-refractivity contribution in [2.45, 2.75) is 50.6 Å². The first-order chi connectivity index (χ1) is 15.0. The lowest BCUT2D eigenvalue weighted by atomic mass is 9.83. The Morgan fingerprint density at radius 2 is 1.94 bits per heavy atom. The lowest BCUT2D eigenvalue weighted by Gasteiger charge is -2.33. The molecule has 4 amide bonds. The van der Waals surface area contributed by atoms with Gasteiger partial charge in [-0.3, -0.25) is 4.79 Å². The molecule has 1 aromatic heterocycles. The molecule has 2 aliphatic carbocycles. The van der Waals surface area contributed by atoms with Gasteiger partial charge in [-0.15, -0.1) is 0 Å². The first-order valence-corrected chi connectivity index (χ1v) is 10.6. The van der Waals surface area contributed by atoms with Crippen LogP contribution in [-0.4, -0.2) is 40.2 Å². The molecule has 0 saturated heterocycles. The van der Waals surface area contributed by atoms with Crippen LogP contribution in [0.3, 0.4) is 0 Å². The minimum absolute atomic E-state index is 0.205. The van der Waals surface area contributed by atoms with Crippen molar-refractivity contribution in [3.8, 4) is 6.07 Å². The summed E-state index contributed by atoms with van der Waals surface area (Å²) in [5.41, 5.74) is 1.06. The summed E-state index contributed by atoms with van der Waals surface area (Å²) in [5, 5.41) is 25.4. The van der Waals surface area contributed by atoms with Crippen LogP contribution in [0.1, 0.15) is 38.5 Å². The highest BCUT2D eigenvalue weighted by Gasteiger charge is 2.38. The number of hydrogen-bond acceptors (Lipinski definition) is 4. The number of carboxylic acid groups (broad SMARTS) is 1. The largest absolute Gasteiger partial charge is 0.464 e. The number of fused-ring (bicyclic) bond motifs is 1. The molecule has 3 atom stereocenters. The summed E-state index contributed by atoms with van der Waals surface area (Å²) < 4.78 is 0. The van der Waals surface area contributed by atoms with E-state index in [1.807, 2.05) is 0 Å². The van der Waals surface area contributed by atoms with E-state index in [0.717, 1.165) is 36.6 Å². The predicted molar refractivity (Wildman–Crippen MR) is 113 cm³/mol. The van der Waals surface area contributed by atoms with Crippen LogP contribution in [0.15, 0.2) is 30.5 Å². The van der Waals surface area contributed by atoms with Crippen molar-refractivity contribution in [2.24, 2.45) is 11.8 Å².